The van der Waals surface area contributed by atoms with Crippen molar-refractivity contribution in [2.24, 2.45) is 0 Å². The van der Waals surface area contributed by atoms with Crippen molar-refractivity contribution in [1.82, 2.24) is 0 Å². The predicted molar refractivity (Wildman–Crippen MR) is 71.8 cm³/mol. The first-order valence-corrected chi connectivity index (χ1v) is 5.24. The average molecular weight is 238 g/mol. The van der Waals surface area contributed by atoms with Crippen LogP contribution in [0.3, 0.4) is 0 Å². The van der Waals surface area contributed by atoms with Crippen molar-refractivity contribution in [2.45, 2.75) is 26.1 Å². The van der Waals surface area contributed by atoms with E-state index < -0.39 is 0 Å². The zero-order chi connectivity index (χ0) is 13.6. The minimum Gasteiger partial charge on any atom is -0.378 e. The molecule has 90 valence electrons. The van der Waals surface area contributed by atoms with Gasteiger partial charge in [0.2, 0.25) is 0 Å². The summed E-state index contributed by atoms with van der Waals surface area (Å²) in [6.07, 6.45) is -0.397. The van der Waals surface area contributed by atoms with Crippen LogP contribution in [0.1, 0.15) is 13.8 Å². The van der Waals surface area contributed by atoms with Gasteiger partial charge in [0.25, 0.3) is 0 Å². The first kappa shape index (κ1) is 15.7. The van der Waals surface area contributed by atoms with E-state index in [4.69, 9.17) is 9.47 Å². The fraction of sp³-hybridized carbons (Fsp3) is 0.375. The Morgan fingerprint density at radius 1 is 0.722 bits per heavy atom. The van der Waals surface area contributed by atoms with Gasteiger partial charge in [0.05, 0.1) is 6.10 Å². The molecule has 18 heavy (non-hydrogen) atoms. The molecule has 0 aliphatic heterocycles. The Morgan fingerprint density at radius 3 is 1.67 bits per heavy atom. The van der Waals surface area contributed by atoms with Crippen molar-refractivity contribution >= 4 is 0 Å². The second-order valence-corrected chi connectivity index (χ2v) is 2.99. The zero-order valence-corrected chi connectivity index (χ0v) is 11.0. The maximum atomic E-state index is 5.14. The lowest BCUT2D eigenvalue weighted by molar-refractivity contribution is 0.00432. The van der Waals surface area contributed by atoms with E-state index in [0.717, 1.165) is 0 Å². The van der Waals surface area contributed by atoms with Crippen molar-refractivity contribution in [1.29, 1.82) is 0 Å². The molecular weight excluding hydrogens is 224 g/mol. The van der Waals surface area contributed by atoms with Gasteiger partial charge in [0.15, 0.2) is 0 Å². The standard InChI is InChI=1S/C16H14O2/c1-5-6-7-8-9-10-11-12-13-14-16(18-4)15(2)17-3/h15-16H,1-4H3/t15-,16-/m1/s1. The first-order valence-electron chi connectivity index (χ1n) is 5.24. The molecule has 2 nitrogen and oxygen atoms in total. The van der Waals surface area contributed by atoms with E-state index in [1.54, 1.807) is 21.1 Å². The molecule has 0 amide bonds. The summed E-state index contributed by atoms with van der Waals surface area (Å²) in [5.74, 6) is 26.1. The highest BCUT2D eigenvalue weighted by atomic mass is 16.5. The Kier molecular flexibility index (Phi) is 9.79. The SMILES string of the molecule is CC#CC#CC#CC#CC#C[C@@H](OC)[C@@H](C)OC. The summed E-state index contributed by atoms with van der Waals surface area (Å²) >= 11 is 0. The monoisotopic (exact) mass is 238 g/mol. The Labute approximate surface area is 109 Å². The molecule has 0 aliphatic carbocycles. The van der Waals surface area contributed by atoms with Gasteiger partial charge >= 0.3 is 0 Å². The normalized spacial score (nSPS) is 10.2. The first-order chi connectivity index (χ1) is 8.76. The van der Waals surface area contributed by atoms with Gasteiger partial charge < -0.3 is 9.47 Å². The summed E-state index contributed by atoms with van der Waals surface area (Å²) in [4.78, 5) is 0. The Balaban J connectivity index is 4.41. The Bertz CT molecular complexity index is 545. The van der Waals surface area contributed by atoms with Crippen molar-refractivity contribution < 1.29 is 9.47 Å². The highest BCUT2D eigenvalue weighted by molar-refractivity contribution is 5.42. The van der Waals surface area contributed by atoms with Crippen LogP contribution in [0.5, 0.6) is 0 Å². The molecule has 2 atom stereocenters. The minimum atomic E-state index is -0.295. The van der Waals surface area contributed by atoms with Gasteiger partial charge in [-0.25, -0.2) is 0 Å². The number of hydrogen-bond acceptors (Lipinski definition) is 2. The number of hydrogen-bond donors (Lipinski definition) is 0. The third-order valence-corrected chi connectivity index (χ3v) is 1.83. The lowest BCUT2D eigenvalue weighted by atomic mass is 10.2. The lowest BCUT2D eigenvalue weighted by Crippen LogP contribution is -2.25. The summed E-state index contributed by atoms with van der Waals surface area (Å²) in [7, 11) is 3.18. The van der Waals surface area contributed by atoms with Crippen LogP contribution in [-0.2, 0) is 9.47 Å². The molecule has 0 aromatic carbocycles. The van der Waals surface area contributed by atoms with Crippen LogP contribution < -0.4 is 0 Å². The summed E-state index contributed by atoms with van der Waals surface area (Å²) < 4.78 is 10.2. The molecule has 0 spiro atoms. The summed E-state index contributed by atoms with van der Waals surface area (Å²) in [6.45, 7) is 3.59. The molecule has 0 rings (SSSR count). The van der Waals surface area contributed by atoms with E-state index in [-0.39, 0.29) is 12.2 Å². The molecule has 0 aromatic rings. The molecular formula is C16H14O2. The van der Waals surface area contributed by atoms with Gasteiger partial charge in [0, 0.05) is 14.2 Å². The van der Waals surface area contributed by atoms with E-state index in [2.05, 4.69) is 59.2 Å². The van der Waals surface area contributed by atoms with Crippen LogP contribution in [-0.4, -0.2) is 26.4 Å². The van der Waals surface area contributed by atoms with Crippen molar-refractivity contribution in [3.05, 3.63) is 0 Å². The molecule has 0 radical (unpaired) electrons. The smallest absolute Gasteiger partial charge is 0.144 e. The van der Waals surface area contributed by atoms with Crippen molar-refractivity contribution in [3.8, 4) is 59.2 Å². The Hall–Kier alpha value is -2.28. The third kappa shape index (κ3) is 7.94. The average Bonchev–Trinajstić information content (AvgIpc) is 2.40. The van der Waals surface area contributed by atoms with Gasteiger partial charge in [-0.2, -0.15) is 0 Å². The molecule has 0 unspecified atom stereocenters. The molecule has 0 saturated carbocycles. The van der Waals surface area contributed by atoms with Crippen LogP contribution in [0.2, 0.25) is 0 Å². The zero-order valence-electron chi connectivity index (χ0n) is 11.0. The van der Waals surface area contributed by atoms with E-state index in [9.17, 15) is 0 Å². The van der Waals surface area contributed by atoms with Crippen LogP contribution in [0.25, 0.3) is 0 Å². The molecule has 0 saturated heterocycles. The summed E-state index contributed by atoms with van der Waals surface area (Å²) in [6, 6.07) is 0. The molecule has 2 heteroatoms. The van der Waals surface area contributed by atoms with Gasteiger partial charge in [-0.1, -0.05) is 11.8 Å². The summed E-state index contributed by atoms with van der Waals surface area (Å²) in [5, 5.41) is 0. The highest BCUT2D eigenvalue weighted by Gasteiger charge is 2.11. The van der Waals surface area contributed by atoms with E-state index in [0.29, 0.717) is 0 Å². The fourth-order valence-corrected chi connectivity index (χ4v) is 0.849. The number of ether oxygens (including phenoxy) is 2. The van der Waals surface area contributed by atoms with E-state index in [1.165, 1.54) is 0 Å². The van der Waals surface area contributed by atoms with Crippen LogP contribution in [0, 0.1) is 59.2 Å². The summed E-state index contributed by atoms with van der Waals surface area (Å²) in [5.41, 5.74) is 0. The fourth-order valence-electron chi connectivity index (χ4n) is 0.849. The molecule has 0 aromatic heterocycles. The maximum Gasteiger partial charge on any atom is 0.144 e. The van der Waals surface area contributed by atoms with E-state index in [1.807, 2.05) is 6.92 Å². The predicted octanol–water partition coefficient (Wildman–Crippen LogP) is 1.07. The maximum absolute atomic E-state index is 5.14. The molecule has 0 N–H and O–H groups in total. The van der Waals surface area contributed by atoms with Gasteiger partial charge in [-0.05, 0) is 61.2 Å². The topological polar surface area (TPSA) is 18.5 Å². The quantitative estimate of drug-likeness (QED) is 0.685. The third-order valence-electron chi connectivity index (χ3n) is 1.83. The largest absolute Gasteiger partial charge is 0.378 e. The van der Waals surface area contributed by atoms with Crippen LogP contribution in [0.15, 0.2) is 0 Å². The van der Waals surface area contributed by atoms with Gasteiger partial charge in [-0.3, -0.25) is 0 Å². The van der Waals surface area contributed by atoms with Crippen molar-refractivity contribution in [3.63, 3.8) is 0 Å². The van der Waals surface area contributed by atoms with E-state index >= 15 is 0 Å². The number of methoxy groups -OCH3 is 2. The van der Waals surface area contributed by atoms with Crippen LogP contribution in [0.4, 0.5) is 0 Å². The van der Waals surface area contributed by atoms with Gasteiger partial charge in [0.1, 0.15) is 6.10 Å². The molecule has 0 heterocycles. The second-order valence-electron chi connectivity index (χ2n) is 2.99. The molecule has 0 aliphatic rings. The van der Waals surface area contributed by atoms with Crippen molar-refractivity contribution in [2.75, 3.05) is 14.2 Å². The molecule has 0 fully saturated rings. The number of rotatable bonds is 3. The molecule has 0 bridgehead atoms. The second kappa shape index (κ2) is 11.2. The van der Waals surface area contributed by atoms with Gasteiger partial charge in [-0.15, -0.1) is 0 Å². The highest BCUT2D eigenvalue weighted by Crippen LogP contribution is 1.99. The lowest BCUT2D eigenvalue weighted by Gasteiger charge is -2.14. The Morgan fingerprint density at radius 2 is 1.22 bits per heavy atom. The minimum absolute atomic E-state index is 0.103. The van der Waals surface area contributed by atoms with Crippen LogP contribution >= 0.6 is 0 Å².